The lowest BCUT2D eigenvalue weighted by atomic mass is 9.82. The van der Waals surface area contributed by atoms with Crippen LogP contribution in [0.5, 0.6) is 0 Å². The van der Waals surface area contributed by atoms with Crippen molar-refractivity contribution in [3.63, 3.8) is 0 Å². The van der Waals surface area contributed by atoms with Crippen molar-refractivity contribution in [2.45, 2.75) is 12.0 Å². The molecule has 5 heteroatoms. The molecule has 0 fully saturated rings. The molecule has 0 spiro atoms. The fraction of sp³-hybridized carbons (Fsp3) is 0.0392. The van der Waals surface area contributed by atoms with Crippen LogP contribution in [0.1, 0.15) is 22.8 Å². The van der Waals surface area contributed by atoms with Gasteiger partial charge in [0.05, 0.1) is 6.04 Å². The minimum Gasteiger partial charge on any atom is -0.456 e. The van der Waals surface area contributed by atoms with E-state index in [4.69, 9.17) is 19.4 Å². The number of para-hydroxylation sites is 3. The summed E-state index contributed by atoms with van der Waals surface area (Å²) in [4.78, 5) is 17.4. The number of anilines is 2. The smallest absolute Gasteiger partial charge is 0.164 e. The third-order valence-corrected chi connectivity index (χ3v) is 11.1. The largest absolute Gasteiger partial charge is 0.456 e. The van der Waals surface area contributed by atoms with Gasteiger partial charge in [0.15, 0.2) is 17.5 Å². The molecule has 1 aliphatic heterocycles. The van der Waals surface area contributed by atoms with E-state index in [1.807, 2.05) is 36.4 Å². The van der Waals surface area contributed by atoms with Gasteiger partial charge in [-0.2, -0.15) is 0 Å². The molecule has 2 aliphatic rings. The van der Waals surface area contributed by atoms with Crippen molar-refractivity contribution in [2.24, 2.45) is 0 Å². The molecule has 0 N–H and O–H groups in total. The third-order valence-electron chi connectivity index (χ3n) is 11.1. The molecule has 56 heavy (non-hydrogen) atoms. The van der Waals surface area contributed by atoms with Crippen LogP contribution in [0.2, 0.25) is 0 Å². The Balaban J connectivity index is 0.965. The highest BCUT2D eigenvalue weighted by Crippen LogP contribution is 2.54. The molecule has 1 aliphatic carbocycles. The number of hydrogen-bond donors (Lipinski definition) is 0. The van der Waals surface area contributed by atoms with E-state index < -0.39 is 0 Å². The van der Waals surface area contributed by atoms with Gasteiger partial charge in [0.2, 0.25) is 0 Å². The van der Waals surface area contributed by atoms with Crippen molar-refractivity contribution in [3.05, 3.63) is 205 Å². The van der Waals surface area contributed by atoms with E-state index in [-0.39, 0.29) is 12.0 Å². The first kappa shape index (κ1) is 32.1. The average Bonchev–Trinajstić information content (AvgIpc) is 3.83. The Labute approximate surface area is 324 Å². The maximum atomic E-state index is 6.78. The zero-order chi connectivity index (χ0) is 37.0. The highest BCUT2D eigenvalue weighted by Gasteiger charge is 2.43. The van der Waals surface area contributed by atoms with E-state index in [2.05, 4.69) is 163 Å². The minimum absolute atomic E-state index is 0.150. The molecule has 0 amide bonds. The first-order valence-corrected chi connectivity index (χ1v) is 19.0. The van der Waals surface area contributed by atoms with E-state index in [1.165, 1.54) is 28.1 Å². The monoisotopic (exact) mass is 718 g/mol. The lowest BCUT2D eigenvalue weighted by Crippen LogP contribution is -2.30. The first-order valence-electron chi connectivity index (χ1n) is 19.0. The third kappa shape index (κ3) is 5.36. The van der Waals surface area contributed by atoms with Crippen LogP contribution in [-0.2, 0) is 0 Å². The first-order chi connectivity index (χ1) is 27.8. The second-order valence-corrected chi connectivity index (χ2v) is 14.3. The molecule has 7 aromatic carbocycles. The number of hydrogen-bond acceptors (Lipinski definition) is 5. The summed E-state index contributed by atoms with van der Waals surface area (Å²) in [6.07, 6.45) is 4.48. The second kappa shape index (κ2) is 13.2. The van der Waals surface area contributed by atoms with Crippen LogP contribution >= 0.6 is 0 Å². The average molecular weight is 719 g/mol. The number of fused-ring (bicyclic) bond motifs is 7. The number of benzene rings is 7. The normalized spacial score (nSPS) is 15.4. The van der Waals surface area contributed by atoms with Crippen molar-refractivity contribution in [1.82, 2.24) is 15.0 Å². The predicted molar refractivity (Wildman–Crippen MR) is 226 cm³/mol. The molecule has 5 nitrogen and oxygen atoms in total. The molecule has 9 aromatic rings. The fourth-order valence-corrected chi connectivity index (χ4v) is 8.49. The Morgan fingerprint density at radius 1 is 0.446 bits per heavy atom. The Morgan fingerprint density at radius 3 is 1.62 bits per heavy atom. The molecule has 0 bridgehead atoms. The second-order valence-electron chi connectivity index (χ2n) is 14.3. The summed E-state index contributed by atoms with van der Waals surface area (Å²) in [6.45, 7) is 0. The van der Waals surface area contributed by atoms with Crippen molar-refractivity contribution in [2.75, 3.05) is 4.90 Å². The summed E-state index contributed by atoms with van der Waals surface area (Å²) in [5.74, 6) is 2.97. The molecule has 3 heterocycles. The molecule has 11 rings (SSSR count). The molecule has 0 saturated carbocycles. The minimum atomic E-state index is 0.150. The maximum Gasteiger partial charge on any atom is 0.164 e. The van der Waals surface area contributed by atoms with Crippen LogP contribution in [0.4, 0.5) is 11.4 Å². The van der Waals surface area contributed by atoms with Crippen LogP contribution in [0.15, 0.2) is 192 Å². The summed E-state index contributed by atoms with van der Waals surface area (Å²) in [5, 5.41) is 1.15. The maximum absolute atomic E-state index is 6.78. The van der Waals surface area contributed by atoms with E-state index in [0.29, 0.717) is 17.5 Å². The standard InChI is InChI=1S/C51H34N4O/c1-4-13-33(14-5-1)34-23-27-37(28-24-34)50-52-49(36-15-6-2-7-16-36)53-51(54-50)38-29-25-35(26-30-38)40-20-12-21-42-47-45(56-48(40)42)32-31-44-46(47)41-19-10-11-22-43(41)55(44)39-17-8-3-9-18-39/h1-32,44,46H. The van der Waals surface area contributed by atoms with Crippen molar-refractivity contribution in [3.8, 4) is 56.4 Å². The van der Waals surface area contributed by atoms with Crippen LogP contribution in [0.3, 0.4) is 0 Å². The van der Waals surface area contributed by atoms with Crippen LogP contribution in [0, 0.1) is 0 Å². The van der Waals surface area contributed by atoms with Crippen LogP contribution in [0.25, 0.3) is 73.5 Å². The van der Waals surface area contributed by atoms with Gasteiger partial charge in [0.1, 0.15) is 11.3 Å². The molecule has 264 valence electrons. The number of aromatic nitrogens is 3. The van der Waals surface area contributed by atoms with Crippen LogP contribution < -0.4 is 4.90 Å². The Morgan fingerprint density at radius 2 is 0.964 bits per heavy atom. The van der Waals surface area contributed by atoms with Gasteiger partial charge in [0, 0.05) is 50.5 Å². The Bertz CT molecular complexity index is 2900. The summed E-state index contributed by atoms with van der Waals surface area (Å²) in [6, 6.07) is 63.6. The van der Waals surface area contributed by atoms with E-state index in [0.717, 1.165) is 50.1 Å². The van der Waals surface area contributed by atoms with Crippen molar-refractivity contribution < 1.29 is 4.42 Å². The topological polar surface area (TPSA) is 55.1 Å². The lowest BCUT2D eigenvalue weighted by Gasteiger charge is -2.30. The van der Waals surface area contributed by atoms with Crippen LogP contribution in [-0.4, -0.2) is 21.0 Å². The Hall–Kier alpha value is -7.37. The number of nitrogens with zero attached hydrogens (tertiary/aromatic N) is 4. The van der Waals surface area contributed by atoms with Crippen molar-refractivity contribution >= 4 is 28.4 Å². The Kier molecular flexibility index (Phi) is 7.56. The molecule has 2 unspecified atom stereocenters. The van der Waals surface area contributed by atoms with Gasteiger partial charge in [0.25, 0.3) is 0 Å². The highest BCUT2D eigenvalue weighted by molar-refractivity contribution is 5.98. The van der Waals surface area contributed by atoms with Gasteiger partial charge in [-0.05, 0) is 46.5 Å². The molecule has 0 saturated heterocycles. The summed E-state index contributed by atoms with van der Waals surface area (Å²) < 4.78 is 6.78. The molecule has 0 radical (unpaired) electrons. The fourth-order valence-electron chi connectivity index (χ4n) is 8.49. The zero-order valence-electron chi connectivity index (χ0n) is 30.3. The van der Waals surface area contributed by atoms with Crippen molar-refractivity contribution in [1.29, 1.82) is 0 Å². The van der Waals surface area contributed by atoms with Gasteiger partial charge in [-0.15, -0.1) is 0 Å². The van der Waals surface area contributed by atoms with E-state index in [9.17, 15) is 0 Å². The highest BCUT2D eigenvalue weighted by atomic mass is 16.3. The molecule has 2 aromatic heterocycles. The summed E-state index contributed by atoms with van der Waals surface area (Å²) in [7, 11) is 0. The van der Waals surface area contributed by atoms with Gasteiger partial charge >= 0.3 is 0 Å². The molecular weight excluding hydrogens is 685 g/mol. The number of furan rings is 1. The summed E-state index contributed by atoms with van der Waals surface area (Å²) >= 11 is 0. The predicted octanol–water partition coefficient (Wildman–Crippen LogP) is 12.6. The van der Waals surface area contributed by atoms with Gasteiger partial charge in [-0.25, -0.2) is 15.0 Å². The van der Waals surface area contributed by atoms with Gasteiger partial charge in [-0.3, -0.25) is 0 Å². The molecular formula is C51H34N4O. The van der Waals surface area contributed by atoms with E-state index >= 15 is 0 Å². The number of rotatable bonds is 6. The van der Waals surface area contributed by atoms with E-state index in [1.54, 1.807) is 0 Å². The SMILES string of the molecule is C1=CC2C(c3ccccc3N2c2ccccc2)c2c1oc1c(-c3ccc(-c4nc(-c5ccccc5)nc(-c5ccc(-c6ccccc6)cc5)n4)cc3)cccc21. The quantitative estimate of drug-likeness (QED) is 0.171. The zero-order valence-corrected chi connectivity index (χ0v) is 30.3. The lowest BCUT2D eigenvalue weighted by molar-refractivity contribution is 0.585. The summed E-state index contributed by atoms with van der Waals surface area (Å²) in [5.41, 5.74) is 13.1. The molecule has 2 atom stereocenters. The van der Waals surface area contributed by atoms with Gasteiger partial charge in [-0.1, -0.05) is 170 Å². The van der Waals surface area contributed by atoms with Gasteiger partial charge < -0.3 is 9.32 Å².